The van der Waals surface area contributed by atoms with E-state index in [2.05, 4.69) is 4.98 Å². The second-order valence-corrected chi connectivity index (χ2v) is 6.24. The van der Waals surface area contributed by atoms with Crippen LogP contribution in [-0.2, 0) is 6.42 Å². The van der Waals surface area contributed by atoms with Gasteiger partial charge in [-0.1, -0.05) is 19.1 Å². The van der Waals surface area contributed by atoms with Crippen molar-refractivity contribution in [2.75, 3.05) is 0 Å². The van der Waals surface area contributed by atoms with Crippen LogP contribution in [-0.4, -0.2) is 21.6 Å². The van der Waals surface area contributed by atoms with E-state index in [0.29, 0.717) is 21.9 Å². The molecule has 0 aliphatic heterocycles. The molecule has 0 aliphatic rings. The first-order valence-corrected chi connectivity index (χ1v) is 7.52. The molecule has 0 amide bonds. The highest BCUT2D eigenvalue weighted by atomic mass is 32.2. The van der Waals surface area contributed by atoms with Gasteiger partial charge in [-0.05, 0) is 35.9 Å². The summed E-state index contributed by atoms with van der Waals surface area (Å²) in [4.78, 5) is 15.7. The molecule has 112 valence electrons. The van der Waals surface area contributed by atoms with Crippen LogP contribution in [0.3, 0.4) is 0 Å². The van der Waals surface area contributed by atoms with Crippen LogP contribution < -0.4 is 0 Å². The summed E-state index contributed by atoms with van der Waals surface area (Å²) < 4.78 is 36.8. The third kappa shape index (κ3) is 3.98. The molecule has 1 N–H and O–H groups in total. The minimum atomic E-state index is -4.34. The Morgan fingerprint density at radius 1 is 1.33 bits per heavy atom. The summed E-state index contributed by atoms with van der Waals surface area (Å²) in [6.45, 7) is 1.86. The van der Waals surface area contributed by atoms with Crippen molar-refractivity contribution >= 4 is 29.1 Å². The highest BCUT2D eigenvalue weighted by Gasteiger charge is 2.29. The van der Waals surface area contributed by atoms with Crippen molar-refractivity contribution in [1.82, 2.24) is 4.98 Å². The van der Waals surface area contributed by atoms with E-state index in [-0.39, 0.29) is 22.4 Å². The molecule has 0 atom stereocenters. The molecular weight excluding hydrogens is 323 g/mol. The highest BCUT2D eigenvalue weighted by molar-refractivity contribution is 8.00. The number of nitrogens with zero attached hydrogens (tertiary/aromatic N) is 1. The molecule has 0 fully saturated rings. The van der Waals surface area contributed by atoms with Crippen LogP contribution in [0, 0.1) is 0 Å². The van der Waals surface area contributed by atoms with E-state index in [1.165, 1.54) is 35.6 Å². The second-order valence-electron chi connectivity index (χ2n) is 4.02. The Kier molecular flexibility index (Phi) is 4.58. The zero-order valence-corrected chi connectivity index (χ0v) is 12.4. The van der Waals surface area contributed by atoms with Gasteiger partial charge in [0.15, 0.2) is 5.69 Å². The third-order valence-corrected chi connectivity index (χ3v) is 4.51. The monoisotopic (exact) mass is 333 g/mol. The molecule has 1 aromatic heterocycles. The van der Waals surface area contributed by atoms with Crippen LogP contribution in [0.2, 0.25) is 0 Å². The van der Waals surface area contributed by atoms with Crippen molar-refractivity contribution < 1.29 is 23.1 Å². The number of hydrogen-bond acceptors (Lipinski definition) is 4. The molecule has 0 spiro atoms. The van der Waals surface area contributed by atoms with Crippen LogP contribution in [0.15, 0.2) is 29.2 Å². The van der Waals surface area contributed by atoms with Crippen molar-refractivity contribution in [3.63, 3.8) is 0 Å². The zero-order valence-electron chi connectivity index (χ0n) is 10.8. The molecule has 0 saturated heterocycles. The van der Waals surface area contributed by atoms with Gasteiger partial charge in [0, 0.05) is 4.90 Å². The number of thioether (sulfide) groups is 1. The molecule has 3 nitrogen and oxygen atoms in total. The Morgan fingerprint density at radius 2 is 1.95 bits per heavy atom. The van der Waals surface area contributed by atoms with E-state index in [4.69, 9.17) is 5.11 Å². The standard InChI is InChI=1S/C13H10F3NO2S2/c1-2-9-17-10(12(18)19)11(20-9)7-3-5-8(6-4-7)21-13(14,15)16/h3-6H,2H2,1H3,(H,18,19). The Hall–Kier alpha value is -1.54. The van der Waals surface area contributed by atoms with Crippen LogP contribution in [0.25, 0.3) is 10.4 Å². The Balaban J connectivity index is 2.34. The first kappa shape index (κ1) is 15.8. The summed E-state index contributed by atoms with van der Waals surface area (Å²) in [6.07, 6.45) is 0.604. The SMILES string of the molecule is CCc1nc(C(=O)O)c(-c2ccc(SC(F)(F)F)cc2)s1. The highest BCUT2D eigenvalue weighted by Crippen LogP contribution is 2.38. The molecular formula is C13H10F3NO2S2. The predicted molar refractivity (Wildman–Crippen MR) is 75.8 cm³/mol. The van der Waals surface area contributed by atoms with Gasteiger partial charge < -0.3 is 5.11 Å². The number of rotatable bonds is 4. The van der Waals surface area contributed by atoms with Crippen molar-refractivity contribution in [3.8, 4) is 10.4 Å². The van der Waals surface area contributed by atoms with Gasteiger partial charge in [-0.2, -0.15) is 13.2 Å². The number of aromatic nitrogens is 1. The van der Waals surface area contributed by atoms with E-state index in [1.807, 2.05) is 6.92 Å². The van der Waals surface area contributed by atoms with E-state index in [1.54, 1.807) is 0 Å². The summed E-state index contributed by atoms with van der Waals surface area (Å²) in [6, 6.07) is 5.61. The van der Waals surface area contributed by atoms with E-state index < -0.39 is 11.5 Å². The quantitative estimate of drug-likeness (QED) is 0.825. The fraction of sp³-hybridized carbons (Fsp3) is 0.231. The molecule has 0 bridgehead atoms. The first-order chi connectivity index (χ1) is 9.80. The van der Waals surface area contributed by atoms with Gasteiger partial charge in [-0.25, -0.2) is 9.78 Å². The number of aryl methyl sites for hydroxylation is 1. The molecule has 1 aromatic carbocycles. The van der Waals surface area contributed by atoms with Crippen molar-refractivity contribution in [2.24, 2.45) is 0 Å². The maximum Gasteiger partial charge on any atom is 0.446 e. The van der Waals surface area contributed by atoms with Crippen LogP contribution >= 0.6 is 23.1 Å². The molecule has 0 unspecified atom stereocenters. The third-order valence-electron chi connectivity index (χ3n) is 2.53. The van der Waals surface area contributed by atoms with E-state index in [9.17, 15) is 18.0 Å². The van der Waals surface area contributed by atoms with Crippen molar-refractivity contribution in [3.05, 3.63) is 35.0 Å². The molecule has 21 heavy (non-hydrogen) atoms. The van der Waals surface area contributed by atoms with Gasteiger partial charge in [-0.3, -0.25) is 0 Å². The topological polar surface area (TPSA) is 50.2 Å². The fourth-order valence-corrected chi connectivity index (χ4v) is 3.20. The van der Waals surface area contributed by atoms with Gasteiger partial charge in [-0.15, -0.1) is 11.3 Å². The second kappa shape index (κ2) is 6.07. The number of carbonyl (C=O) groups is 1. The summed E-state index contributed by atoms with van der Waals surface area (Å²) in [5.41, 5.74) is -3.85. The summed E-state index contributed by atoms with van der Waals surface area (Å²) in [7, 11) is 0. The minimum Gasteiger partial charge on any atom is -0.476 e. The number of halogens is 3. The number of carboxylic acid groups (broad SMARTS) is 1. The lowest BCUT2D eigenvalue weighted by Crippen LogP contribution is -2.00. The molecule has 0 radical (unpaired) electrons. The smallest absolute Gasteiger partial charge is 0.446 e. The lowest BCUT2D eigenvalue weighted by molar-refractivity contribution is -0.0328. The largest absolute Gasteiger partial charge is 0.476 e. The predicted octanol–water partition coefficient (Wildman–Crippen LogP) is 4.68. The van der Waals surface area contributed by atoms with Crippen molar-refractivity contribution in [2.45, 2.75) is 23.7 Å². The fourth-order valence-electron chi connectivity index (χ4n) is 1.66. The van der Waals surface area contributed by atoms with Gasteiger partial charge in [0.25, 0.3) is 0 Å². The lowest BCUT2D eigenvalue weighted by Gasteiger charge is -2.06. The molecule has 1 heterocycles. The number of thiazole rings is 1. The number of benzene rings is 1. The van der Waals surface area contributed by atoms with Gasteiger partial charge >= 0.3 is 11.5 Å². The Morgan fingerprint density at radius 3 is 2.43 bits per heavy atom. The number of carboxylic acids is 1. The average Bonchev–Trinajstić information content (AvgIpc) is 2.82. The number of aromatic carboxylic acids is 1. The molecule has 2 aromatic rings. The van der Waals surface area contributed by atoms with Gasteiger partial charge in [0.1, 0.15) is 0 Å². The number of alkyl halides is 3. The van der Waals surface area contributed by atoms with Crippen LogP contribution in [0.4, 0.5) is 13.2 Å². The molecule has 0 saturated carbocycles. The first-order valence-electron chi connectivity index (χ1n) is 5.89. The Labute approximate surface area is 126 Å². The van der Waals surface area contributed by atoms with Gasteiger partial charge in [0.2, 0.25) is 0 Å². The van der Waals surface area contributed by atoms with Crippen molar-refractivity contribution in [1.29, 1.82) is 0 Å². The molecule has 2 rings (SSSR count). The summed E-state index contributed by atoms with van der Waals surface area (Å²) >= 11 is 1.04. The van der Waals surface area contributed by atoms with E-state index in [0.717, 1.165) is 0 Å². The maximum absolute atomic E-state index is 12.3. The van der Waals surface area contributed by atoms with E-state index >= 15 is 0 Å². The maximum atomic E-state index is 12.3. The van der Waals surface area contributed by atoms with Crippen LogP contribution in [0.5, 0.6) is 0 Å². The van der Waals surface area contributed by atoms with Crippen LogP contribution in [0.1, 0.15) is 22.4 Å². The minimum absolute atomic E-state index is 0.0587. The molecule has 0 aliphatic carbocycles. The number of hydrogen-bond donors (Lipinski definition) is 1. The van der Waals surface area contributed by atoms with Gasteiger partial charge in [0.05, 0.1) is 9.88 Å². The zero-order chi connectivity index (χ0) is 15.6. The summed E-state index contributed by atoms with van der Waals surface area (Å²) in [5.74, 6) is -1.14. The summed E-state index contributed by atoms with van der Waals surface area (Å²) in [5, 5.41) is 9.81. The Bertz CT molecular complexity index is 650. The molecule has 8 heteroatoms. The lowest BCUT2D eigenvalue weighted by atomic mass is 10.1. The normalized spacial score (nSPS) is 11.6. The average molecular weight is 333 g/mol.